The number of hydrogen-bond donors (Lipinski definition) is 1. The van der Waals surface area contributed by atoms with Gasteiger partial charge >= 0.3 is 0 Å². The summed E-state index contributed by atoms with van der Waals surface area (Å²) in [6.45, 7) is 2.22. The molecular formula is C13H18BrNO2. The molecule has 1 atom stereocenters. The molecule has 94 valence electrons. The summed E-state index contributed by atoms with van der Waals surface area (Å²) >= 11 is 3.46. The summed E-state index contributed by atoms with van der Waals surface area (Å²) in [5.74, 6) is 1.38. The summed E-state index contributed by atoms with van der Waals surface area (Å²) in [5.41, 5.74) is 6.15. The monoisotopic (exact) mass is 299 g/mol. The third kappa shape index (κ3) is 3.69. The number of para-hydroxylation sites is 1. The molecule has 0 amide bonds. The average Bonchev–Trinajstić information content (AvgIpc) is 2.38. The predicted octanol–water partition coefficient (Wildman–Crippen LogP) is 2.58. The van der Waals surface area contributed by atoms with Crippen LogP contribution < -0.4 is 10.5 Å². The molecule has 0 aromatic heterocycles. The highest BCUT2D eigenvalue weighted by Crippen LogP contribution is 2.25. The van der Waals surface area contributed by atoms with Gasteiger partial charge in [0.15, 0.2) is 0 Å². The van der Waals surface area contributed by atoms with E-state index < -0.39 is 0 Å². The summed E-state index contributed by atoms with van der Waals surface area (Å²) in [7, 11) is 0. The van der Waals surface area contributed by atoms with Crippen molar-refractivity contribution < 1.29 is 9.47 Å². The highest BCUT2D eigenvalue weighted by molar-refractivity contribution is 9.10. The van der Waals surface area contributed by atoms with E-state index in [-0.39, 0.29) is 6.04 Å². The molecule has 1 aliphatic rings. The van der Waals surface area contributed by atoms with E-state index in [0.717, 1.165) is 36.3 Å². The van der Waals surface area contributed by atoms with Crippen molar-refractivity contribution in [3.05, 3.63) is 28.7 Å². The number of rotatable bonds is 4. The van der Waals surface area contributed by atoms with Gasteiger partial charge in [-0.3, -0.25) is 0 Å². The van der Waals surface area contributed by atoms with Crippen molar-refractivity contribution in [2.75, 3.05) is 19.8 Å². The molecule has 1 aromatic rings. The Labute approximate surface area is 110 Å². The fourth-order valence-electron chi connectivity index (χ4n) is 2.03. The second kappa shape index (κ2) is 6.38. The maximum Gasteiger partial charge on any atom is 0.133 e. The van der Waals surface area contributed by atoms with Gasteiger partial charge in [-0.15, -0.1) is 0 Å². The Kier molecular flexibility index (Phi) is 4.83. The second-order valence-electron chi connectivity index (χ2n) is 4.36. The van der Waals surface area contributed by atoms with Crippen molar-refractivity contribution in [3.63, 3.8) is 0 Å². The first-order chi connectivity index (χ1) is 8.27. The van der Waals surface area contributed by atoms with Crippen molar-refractivity contribution >= 4 is 15.9 Å². The Bertz CT molecular complexity index is 353. The lowest BCUT2D eigenvalue weighted by molar-refractivity contribution is 0.0521. The van der Waals surface area contributed by atoms with E-state index in [1.807, 2.05) is 24.3 Å². The Morgan fingerprint density at radius 3 is 2.76 bits per heavy atom. The zero-order chi connectivity index (χ0) is 12.1. The third-order valence-electron chi connectivity index (χ3n) is 3.14. The third-order valence-corrected chi connectivity index (χ3v) is 3.79. The number of halogens is 1. The van der Waals surface area contributed by atoms with Gasteiger partial charge in [0.05, 0.1) is 4.47 Å². The molecule has 17 heavy (non-hydrogen) atoms. The molecule has 1 unspecified atom stereocenters. The molecule has 0 saturated carbocycles. The number of nitrogens with two attached hydrogens (primary N) is 1. The lowest BCUT2D eigenvalue weighted by Gasteiger charge is -2.27. The molecule has 2 rings (SSSR count). The number of ether oxygens (including phenoxy) is 2. The number of benzene rings is 1. The van der Waals surface area contributed by atoms with Gasteiger partial charge in [-0.1, -0.05) is 12.1 Å². The van der Waals surface area contributed by atoms with Gasteiger partial charge in [0.1, 0.15) is 12.4 Å². The molecule has 1 aliphatic heterocycles. The highest BCUT2D eigenvalue weighted by Gasteiger charge is 2.21. The average molecular weight is 300 g/mol. The van der Waals surface area contributed by atoms with Gasteiger partial charge in [-0.25, -0.2) is 0 Å². The standard InChI is InChI=1S/C13H18BrNO2/c14-11-3-1-2-4-13(11)17-9-12(15)10-5-7-16-8-6-10/h1-4,10,12H,5-9,15H2. The van der Waals surface area contributed by atoms with Crippen LogP contribution in [0.15, 0.2) is 28.7 Å². The van der Waals surface area contributed by atoms with Crippen molar-refractivity contribution in [2.45, 2.75) is 18.9 Å². The molecule has 1 aromatic carbocycles. The van der Waals surface area contributed by atoms with Gasteiger partial charge in [0.25, 0.3) is 0 Å². The molecule has 0 bridgehead atoms. The van der Waals surface area contributed by atoms with E-state index in [0.29, 0.717) is 12.5 Å². The Balaban J connectivity index is 1.83. The van der Waals surface area contributed by atoms with Gasteiger partial charge in [0, 0.05) is 19.3 Å². The first-order valence-corrected chi connectivity index (χ1v) is 6.77. The summed E-state index contributed by atoms with van der Waals surface area (Å²) in [6, 6.07) is 7.93. The molecule has 1 fully saturated rings. The minimum atomic E-state index is 0.0889. The summed E-state index contributed by atoms with van der Waals surface area (Å²) in [6.07, 6.45) is 2.08. The molecule has 0 radical (unpaired) electrons. The van der Waals surface area contributed by atoms with E-state index in [2.05, 4.69) is 15.9 Å². The summed E-state index contributed by atoms with van der Waals surface area (Å²) in [5, 5.41) is 0. The van der Waals surface area contributed by atoms with E-state index in [1.54, 1.807) is 0 Å². The van der Waals surface area contributed by atoms with E-state index in [1.165, 1.54) is 0 Å². The fourth-order valence-corrected chi connectivity index (χ4v) is 2.43. The SMILES string of the molecule is NC(COc1ccccc1Br)C1CCOCC1. The van der Waals surface area contributed by atoms with Crippen molar-refractivity contribution in [1.29, 1.82) is 0 Å². The van der Waals surface area contributed by atoms with Crippen LogP contribution in [0.4, 0.5) is 0 Å². The molecule has 1 saturated heterocycles. The Morgan fingerprint density at radius 2 is 2.06 bits per heavy atom. The minimum absolute atomic E-state index is 0.0889. The lowest BCUT2D eigenvalue weighted by Crippen LogP contribution is -2.38. The molecule has 2 N–H and O–H groups in total. The molecule has 0 aliphatic carbocycles. The van der Waals surface area contributed by atoms with Crippen LogP contribution >= 0.6 is 15.9 Å². The molecule has 0 spiro atoms. The zero-order valence-electron chi connectivity index (χ0n) is 9.77. The maximum absolute atomic E-state index is 6.15. The van der Waals surface area contributed by atoms with Crippen LogP contribution in [0.2, 0.25) is 0 Å². The number of hydrogen-bond acceptors (Lipinski definition) is 3. The van der Waals surface area contributed by atoms with E-state index >= 15 is 0 Å². The Morgan fingerprint density at radius 1 is 1.35 bits per heavy atom. The maximum atomic E-state index is 6.15. The quantitative estimate of drug-likeness (QED) is 0.929. The van der Waals surface area contributed by atoms with Crippen LogP contribution in [0, 0.1) is 5.92 Å². The van der Waals surface area contributed by atoms with Crippen LogP contribution in [-0.2, 0) is 4.74 Å². The first kappa shape index (κ1) is 12.9. The van der Waals surface area contributed by atoms with Gasteiger partial charge in [-0.2, -0.15) is 0 Å². The lowest BCUT2D eigenvalue weighted by atomic mass is 9.93. The molecule has 4 heteroatoms. The largest absolute Gasteiger partial charge is 0.491 e. The van der Waals surface area contributed by atoms with Crippen molar-refractivity contribution in [2.24, 2.45) is 11.7 Å². The molecular weight excluding hydrogens is 282 g/mol. The van der Waals surface area contributed by atoms with Gasteiger partial charge in [-0.05, 0) is 46.8 Å². The van der Waals surface area contributed by atoms with Crippen LogP contribution in [0.3, 0.4) is 0 Å². The smallest absolute Gasteiger partial charge is 0.133 e. The van der Waals surface area contributed by atoms with Crippen LogP contribution in [0.1, 0.15) is 12.8 Å². The predicted molar refractivity (Wildman–Crippen MR) is 71.2 cm³/mol. The normalized spacial score (nSPS) is 18.9. The summed E-state index contributed by atoms with van der Waals surface area (Å²) < 4.78 is 12.0. The van der Waals surface area contributed by atoms with Crippen molar-refractivity contribution in [1.82, 2.24) is 0 Å². The second-order valence-corrected chi connectivity index (χ2v) is 5.21. The van der Waals surface area contributed by atoms with E-state index in [9.17, 15) is 0 Å². The molecule has 3 nitrogen and oxygen atoms in total. The van der Waals surface area contributed by atoms with Crippen molar-refractivity contribution in [3.8, 4) is 5.75 Å². The zero-order valence-corrected chi connectivity index (χ0v) is 11.4. The highest BCUT2D eigenvalue weighted by atomic mass is 79.9. The topological polar surface area (TPSA) is 44.5 Å². The van der Waals surface area contributed by atoms with Crippen LogP contribution in [-0.4, -0.2) is 25.9 Å². The summed E-state index contributed by atoms with van der Waals surface area (Å²) in [4.78, 5) is 0. The van der Waals surface area contributed by atoms with E-state index in [4.69, 9.17) is 15.2 Å². The van der Waals surface area contributed by atoms with Crippen LogP contribution in [0.25, 0.3) is 0 Å². The van der Waals surface area contributed by atoms with Gasteiger partial charge in [0.2, 0.25) is 0 Å². The first-order valence-electron chi connectivity index (χ1n) is 5.98. The van der Waals surface area contributed by atoms with Gasteiger partial charge < -0.3 is 15.2 Å². The minimum Gasteiger partial charge on any atom is -0.491 e. The Hall–Kier alpha value is -0.580. The fraction of sp³-hybridized carbons (Fsp3) is 0.538. The van der Waals surface area contributed by atoms with Crippen LogP contribution in [0.5, 0.6) is 5.75 Å². The molecule has 1 heterocycles.